The van der Waals surface area contributed by atoms with E-state index in [1.807, 2.05) is 0 Å². The fourth-order valence-electron chi connectivity index (χ4n) is 2.38. The van der Waals surface area contributed by atoms with Crippen LogP contribution in [-0.4, -0.2) is 6.54 Å². The summed E-state index contributed by atoms with van der Waals surface area (Å²) in [7, 11) is 0. The Morgan fingerprint density at radius 3 is 2.37 bits per heavy atom. The van der Waals surface area contributed by atoms with Gasteiger partial charge in [0.25, 0.3) is 0 Å². The summed E-state index contributed by atoms with van der Waals surface area (Å²) in [6.07, 6.45) is 4.89. The minimum atomic E-state index is 0.441. The lowest BCUT2D eigenvalue weighted by atomic mass is 9.91. The summed E-state index contributed by atoms with van der Waals surface area (Å²) in [6.45, 7) is 7.88. The van der Waals surface area contributed by atoms with Crippen LogP contribution in [0.25, 0.3) is 0 Å². The predicted molar refractivity (Wildman–Crippen MR) is 91.6 cm³/mol. The summed E-state index contributed by atoms with van der Waals surface area (Å²) in [5.74, 6) is 0.792. The van der Waals surface area contributed by atoms with Gasteiger partial charge in [0.1, 0.15) is 0 Å². The van der Waals surface area contributed by atoms with Crippen molar-refractivity contribution in [2.24, 2.45) is 5.92 Å². The van der Waals surface area contributed by atoms with E-state index in [1.165, 1.54) is 35.7 Å². The molecule has 0 radical (unpaired) electrons. The maximum Gasteiger partial charge on any atom is 0.0334 e. The van der Waals surface area contributed by atoms with Crippen molar-refractivity contribution in [3.8, 4) is 0 Å². The van der Waals surface area contributed by atoms with Gasteiger partial charge in [0, 0.05) is 15.0 Å². The van der Waals surface area contributed by atoms with Crippen LogP contribution in [0.4, 0.5) is 0 Å². The van der Waals surface area contributed by atoms with Crippen molar-refractivity contribution in [3.63, 3.8) is 0 Å². The third kappa shape index (κ3) is 5.57. The second kappa shape index (κ2) is 9.15. The molecule has 0 saturated heterocycles. The molecule has 0 aliphatic carbocycles. The Morgan fingerprint density at radius 2 is 1.79 bits per heavy atom. The second-order valence-corrected chi connectivity index (χ2v) is 6.86. The molecule has 0 aliphatic heterocycles. The van der Waals surface area contributed by atoms with E-state index in [4.69, 9.17) is 0 Å². The summed E-state index contributed by atoms with van der Waals surface area (Å²) in [4.78, 5) is 0. The van der Waals surface area contributed by atoms with Gasteiger partial charge in [0.05, 0.1) is 0 Å². The Morgan fingerprint density at radius 1 is 1.11 bits per heavy atom. The summed E-state index contributed by atoms with van der Waals surface area (Å²) >= 11 is 7.28. The fourth-order valence-corrected chi connectivity index (χ4v) is 3.28. The molecule has 1 aromatic carbocycles. The van der Waals surface area contributed by atoms with Crippen molar-refractivity contribution in [1.29, 1.82) is 0 Å². The van der Waals surface area contributed by atoms with E-state index in [0.29, 0.717) is 6.04 Å². The first kappa shape index (κ1) is 17.2. The van der Waals surface area contributed by atoms with E-state index in [9.17, 15) is 0 Å². The molecule has 1 atom stereocenters. The highest BCUT2D eigenvalue weighted by Gasteiger charge is 2.18. The molecule has 0 heterocycles. The van der Waals surface area contributed by atoms with E-state index in [0.717, 1.165) is 16.9 Å². The van der Waals surface area contributed by atoms with Crippen molar-refractivity contribution in [2.45, 2.75) is 52.5 Å². The molecule has 19 heavy (non-hydrogen) atoms. The molecule has 1 N–H and O–H groups in total. The zero-order chi connectivity index (χ0) is 14.3. The average molecular weight is 391 g/mol. The summed E-state index contributed by atoms with van der Waals surface area (Å²) < 4.78 is 2.36. The Labute approximate surface area is 134 Å². The molecular formula is C16H25Br2N. The molecule has 1 aromatic rings. The maximum atomic E-state index is 3.70. The number of nitrogens with one attached hydrogen (secondary N) is 1. The molecule has 1 nitrogen and oxygen atoms in total. The number of hydrogen-bond donors (Lipinski definition) is 1. The highest BCUT2D eigenvalue weighted by Crippen LogP contribution is 2.32. The zero-order valence-corrected chi connectivity index (χ0v) is 15.4. The molecule has 0 amide bonds. The Hall–Kier alpha value is 0.140. The van der Waals surface area contributed by atoms with Gasteiger partial charge < -0.3 is 5.32 Å². The third-order valence-electron chi connectivity index (χ3n) is 3.70. The van der Waals surface area contributed by atoms with Gasteiger partial charge in [-0.25, -0.2) is 0 Å². The Bertz CT molecular complexity index is 375. The van der Waals surface area contributed by atoms with Gasteiger partial charge in [0.15, 0.2) is 0 Å². The third-order valence-corrected chi connectivity index (χ3v) is 4.91. The zero-order valence-electron chi connectivity index (χ0n) is 12.2. The van der Waals surface area contributed by atoms with Gasteiger partial charge >= 0.3 is 0 Å². The van der Waals surface area contributed by atoms with E-state index in [-0.39, 0.29) is 0 Å². The van der Waals surface area contributed by atoms with Gasteiger partial charge in [-0.3, -0.25) is 0 Å². The predicted octanol–water partition coefficient (Wildman–Crippen LogP) is 6.08. The van der Waals surface area contributed by atoms with Crippen LogP contribution in [0.1, 0.15) is 58.1 Å². The van der Waals surface area contributed by atoms with Crippen molar-refractivity contribution >= 4 is 31.9 Å². The number of hydrogen-bond acceptors (Lipinski definition) is 1. The first-order chi connectivity index (χ1) is 9.12. The second-order valence-electron chi connectivity index (χ2n) is 5.09. The molecule has 0 aromatic heterocycles. The smallest absolute Gasteiger partial charge is 0.0334 e. The van der Waals surface area contributed by atoms with Crippen LogP contribution < -0.4 is 5.32 Å². The van der Waals surface area contributed by atoms with Crippen molar-refractivity contribution in [3.05, 3.63) is 32.7 Å². The summed E-state index contributed by atoms with van der Waals surface area (Å²) in [6, 6.07) is 6.89. The van der Waals surface area contributed by atoms with E-state index >= 15 is 0 Å². The first-order valence-corrected chi connectivity index (χ1v) is 8.89. The van der Waals surface area contributed by atoms with Crippen molar-refractivity contribution in [1.82, 2.24) is 5.32 Å². The van der Waals surface area contributed by atoms with Gasteiger partial charge in [-0.2, -0.15) is 0 Å². The van der Waals surface area contributed by atoms with Crippen LogP contribution in [0.2, 0.25) is 0 Å². The normalized spacial score (nSPS) is 12.9. The topological polar surface area (TPSA) is 12.0 Å². The van der Waals surface area contributed by atoms with Crippen LogP contribution >= 0.6 is 31.9 Å². The molecular weight excluding hydrogens is 366 g/mol. The monoisotopic (exact) mass is 389 g/mol. The summed E-state index contributed by atoms with van der Waals surface area (Å²) in [5.41, 5.74) is 1.37. The minimum Gasteiger partial charge on any atom is -0.310 e. The molecule has 108 valence electrons. The molecule has 0 fully saturated rings. The molecule has 0 saturated carbocycles. The number of halogens is 2. The highest BCUT2D eigenvalue weighted by molar-refractivity contribution is 9.11. The van der Waals surface area contributed by atoms with E-state index < -0.39 is 0 Å². The molecule has 0 bridgehead atoms. The lowest BCUT2D eigenvalue weighted by Gasteiger charge is -2.24. The van der Waals surface area contributed by atoms with Gasteiger partial charge in [-0.05, 0) is 49.1 Å². The number of rotatable bonds is 8. The van der Waals surface area contributed by atoms with Crippen LogP contribution in [0.3, 0.4) is 0 Å². The molecule has 1 unspecified atom stereocenters. The SMILES string of the molecule is CCCNC(CC(CC)CC)c1cc(Br)ccc1Br. The number of benzene rings is 1. The van der Waals surface area contributed by atoms with E-state index in [1.54, 1.807) is 0 Å². The quantitative estimate of drug-likeness (QED) is 0.567. The van der Waals surface area contributed by atoms with E-state index in [2.05, 4.69) is 76.1 Å². The van der Waals surface area contributed by atoms with Crippen LogP contribution in [-0.2, 0) is 0 Å². The average Bonchev–Trinajstić information content (AvgIpc) is 2.42. The van der Waals surface area contributed by atoms with Crippen molar-refractivity contribution < 1.29 is 0 Å². The van der Waals surface area contributed by atoms with Gasteiger partial charge in [-0.15, -0.1) is 0 Å². The lowest BCUT2D eigenvalue weighted by Crippen LogP contribution is -2.24. The maximum absolute atomic E-state index is 3.70. The van der Waals surface area contributed by atoms with Crippen LogP contribution in [0.15, 0.2) is 27.1 Å². The largest absolute Gasteiger partial charge is 0.310 e. The van der Waals surface area contributed by atoms with Gasteiger partial charge in [0.2, 0.25) is 0 Å². The molecule has 3 heteroatoms. The Balaban J connectivity index is 2.91. The Kier molecular flexibility index (Phi) is 8.27. The lowest BCUT2D eigenvalue weighted by molar-refractivity contribution is 0.370. The van der Waals surface area contributed by atoms with Crippen LogP contribution in [0.5, 0.6) is 0 Å². The molecule has 0 spiro atoms. The van der Waals surface area contributed by atoms with Crippen molar-refractivity contribution in [2.75, 3.05) is 6.54 Å². The highest BCUT2D eigenvalue weighted by atomic mass is 79.9. The minimum absolute atomic E-state index is 0.441. The summed E-state index contributed by atoms with van der Waals surface area (Å²) in [5, 5.41) is 3.70. The first-order valence-electron chi connectivity index (χ1n) is 7.30. The molecule has 1 rings (SSSR count). The standard InChI is InChI=1S/C16H25Br2N/c1-4-9-19-16(10-12(5-2)6-3)14-11-13(17)7-8-15(14)18/h7-8,11-12,16,19H,4-6,9-10H2,1-3H3. The van der Waals surface area contributed by atoms with Crippen LogP contribution in [0, 0.1) is 5.92 Å². The molecule has 0 aliphatic rings. The fraction of sp³-hybridized carbons (Fsp3) is 0.625. The van der Waals surface area contributed by atoms with Gasteiger partial charge in [-0.1, -0.05) is 65.5 Å².